The summed E-state index contributed by atoms with van der Waals surface area (Å²) in [6, 6.07) is 55.3. The van der Waals surface area contributed by atoms with Crippen molar-refractivity contribution in [2.75, 3.05) is 0 Å². The van der Waals surface area contributed by atoms with Crippen molar-refractivity contribution in [1.82, 2.24) is 19.5 Å². The van der Waals surface area contributed by atoms with Crippen molar-refractivity contribution in [3.63, 3.8) is 0 Å². The van der Waals surface area contributed by atoms with Gasteiger partial charge in [0.1, 0.15) is 5.58 Å². The van der Waals surface area contributed by atoms with E-state index in [1.807, 2.05) is 109 Å². The molecule has 0 unspecified atom stereocenters. The molecule has 54 heavy (non-hydrogen) atoms. The van der Waals surface area contributed by atoms with Crippen molar-refractivity contribution in [3.8, 4) is 33.9 Å². The second-order valence-electron chi connectivity index (χ2n) is 13.0. The number of aromatic nitrogens is 4. The molecule has 0 saturated heterocycles. The standard InChI is InChI=1S/C32H26N2.C16H11N2O.Ir/c1-2-11-29(12-3-1)32-20-19-28(24-34-32)18-17-26-9-6-8-25(22-26)15-16-27-10-7-13-30(23-27)31-14-4-5-21-33-31;1-18-10-9-17-16(18)13-7-4-6-12-11-5-2-3-8-14(11)19-15(12)13;/h1-11,14,19-24H,15-18H2;2-6,8-10H,1H3;/q-2;-1;+3. The molecule has 5 aromatic carbocycles. The second-order valence-corrected chi connectivity index (χ2v) is 13.0. The van der Waals surface area contributed by atoms with Gasteiger partial charge in [-0.2, -0.15) is 0 Å². The third-order valence-electron chi connectivity index (χ3n) is 9.40. The van der Waals surface area contributed by atoms with E-state index in [0.717, 1.165) is 81.5 Å². The Morgan fingerprint density at radius 3 is 2.04 bits per heavy atom. The fourth-order valence-corrected chi connectivity index (χ4v) is 6.60. The molecule has 0 spiro atoms. The number of imidazole rings is 1. The molecule has 5 nitrogen and oxygen atoms in total. The largest absolute Gasteiger partial charge is 3.00 e. The van der Waals surface area contributed by atoms with Gasteiger partial charge in [0.25, 0.3) is 0 Å². The van der Waals surface area contributed by atoms with E-state index >= 15 is 0 Å². The number of aryl methyl sites for hydroxylation is 5. The molecular formula is C48H37IrN4O. The summed E-state index contributed by atoms with van der Waals surface area (Å²) < 4.78 is 7.95. The Kier molecular flexibility index (Phi) is 11.6. The minimum Gasteiger partial charge on any atom is -0.501 e. The fraction of sp³-hybridized carbons (Fsp3) is 0.104. The van der Waals surface area contributed by atoms with E-state index in [1.54, 1.807) is 6.20 Å². The average molecular weight is 878 g/mol. The van der Waals surface area contributed by atoms with Crippen molar-refractivity contribution in [1.29, 1.82) is 0 Å². The van der Waals surface area contributed by atoms with E-state index in [0.29, 0.717) is 0 Å². The number of fused-ring (bicyclic) bond motifs is 3. The number of hydrogen-bond donors (Lipinski definition) is 0. The molecule has 0 N–H and O–H groups in total. The van der Waals surface area contributed by atoms with Gasteiger partial charge in [0.05, 0.1) is 11.4 Å². The van der Waals surface area contributed by atoms with Crippen LogP contribution in [0.25, 0.3) is 55.8 Å². The SMILES string of the molecule is Cn1ccnc1-c1[c-]ccc2c1oc1ccccc12.[Ir+3].[c-]1ccccc1-c1ccc(CCc2cccc(CCc3cc[c-]c(-c4ccccn4)c3)c2)cn1. The maximum Gasteiger partial charge on any atom is 3.00 e. The summed E-state index contributed by atoms with van der Waals surface area (Å²) in [5.74, 6) is 0.865. The van der Waals surface area contributed by atoms with Gasteiger partial charge in [-0.1, -0.05) is 77.7 Å². The molecule has 0 aliphatic rings. The molecule has 4 heterocycles. The van der Waals surface area contributed by atoms with E-state index in [2.05, 4.69) is 87.7 Å². The third kappa shape index (κ3) is 8.47. The van der Waals surface area contributed by atoms with Gasteiger partial charge in [-0.3, -0.25) is 4.98 Å². The number of rotatable bonds is 9. The first-order chi connectivity index (χ1) is 26.2. The normalized spacial score (nSPS) is 10.8. The molecule has 0 saturated carbocycles. The maximum absolute atomic E-state index is 5.98. The molecule has 264 valence electrons. The van der Waals surface area contributed by atoms with E-state index in [4.69, 9.17) is 4.42 Å². The number of hydrogen-bond acceptors (Lipinski definition) is 4. The quantitative estimate of drug-likeness (QED) is 0.136. The first-order valence-corrected chi connectivity index (χ1v) is 17.9. The summed E-state index contributed by atoms with van der Waals surface area (Å²) in [7, 11) is 1.97. The van der Waals surface area contributed by atoms with Crippen LogP contribution in [0.4, 0.5) is 0 Å². The summed E-state index contributed by atoms with van der Waals surface area (Å²) in [6.45, 7) is 0. The van der Waals surface area contributed by atoms with Gasteiger partial charge < -0.3 is 19.0 Å². The summed E-state index contributed by atoms with van der Waals surface area (Å²) in [4.78, 5) is 13.5. The van der Waals surface area contributed by atoms with E-state index in [-0.39, 0.29) is 20.1 Å². The van der Waals surface area contributed by atoms with Crippen LogP contribution >= 0.6 is 0 Å². The van der Waals surface area contributed by atoms with Gasteiger partial charge in [-0.05, 0) is 65.9 Å². The topological polar surface area (TPSA) is 56.7 Å². The third-order valence-corrected chi connectivity index (χ3v) is 9.40. The monoisotopic (exact) mass is 878 g/mol. The minimum absolute atomic E-state index is 0. The van der Waals surface area contributed by atoms with Crippen molar-refractivity contribution in [2.45, 2.75) is 25.7 Å². The van der Waals surface area contributed by atoms with Gasteiger partial charge >= 0.3 is 20.1 Å². The summed E-state index contributed by atoms with van der Waals surface area (Å²) in [5, 5.41) is 2.23. The van der Waals surface area contributed by atoms with Crippen LogP contribution in [-0.4, -0.2) is 19.5 Å². The zero-order chi connectivity index (χ0) is 35.8. The van der Waals surface area contributed by atoms with Crippen LogP contribution < -0.4 is 0 Å². The van der Waals surface area contributed by atoms with Gasteiger partial charge in [-0.25, -0.2) is 0 Å². The molecule has 0 bridgehead atoms. The van der Waals surface area contributed by atoms with E-state index < -0.39 is 0 Å². The Morgan fingerprint density at radius 1 is 0.556 bits per heavy atom. The second kappa shape index (κ2) is 17.3. The van der Waals surface area contributed by atoms with Crippen molar-refractivity contribution >= 4 is 21.9 Å². The Hall–Kier alpha value is -5.94. The van der Waals surface area contributed by atoms with Crippen molar-refractivity contribution in [3.05, 3.63) is 199 Å². The molecule has 4 aromatic heterocycles. The van der Waals surface area contributed by atoms with Gasteiger partial charge in [0, 0.05) is 37.2 Å². The molecule has 0 radical (unpaired) electrons. The van der Waals surface area contributed by atoms with Crippen LogP contribution in [0.15, 0.2) is 163 Å². The van der Waals surface area contributed by atoms with Crippen LogP contribution in [0, 0.1) is 18.2 Å². The molecule has 9 aromatic rings. The summed E-state index contributed by atoms with van der Waals surface area (Å²) in [5.41, 5.74) is 12.0. The van der Waals surface area contributed by atoms with Gasteiger partial charge in [0.2, 0.25) is 0 Å². The minimum atomic E-state index is 0. The Balaban J connectivity index is 0.000000190. The zero-order valence-electron chi connectivity index (χ0n) is 29.9. The van der Waals surface area contributed by atoms with Gasteiger partial charge in [-0.15, -0.1) is 89.5 Å². The molecule has 9 rings (SSSR count). The molecule has 0 fully saturated rings. The number of para-hydroxylation sites is 1. The first kappa shape index (κ1) is 36.4. The van der Waals surface area contributed by atoms with E-state index in [9.17, 15) is 0 Å². The van der Waals surface area contributed by atoms with E-state index in [1.165, 1.54) is 22.3 Å². The Bertz CT molecular complexity index is 2580. The van der Waals surface area contributed by atoms with Crippen LogP contribution in [0.1, 0.15) is 22.3 Å². The average Bonchev–Trinajstić information content (AvgIpc) is 3.84. The summed E-state index contributed by atoms with van der Waals surface area (Å²) >= 11 is 0. The Morgan fingerprint density at radius 2 is 1.30 bits per heavy atom. The number of benzene rings is 5. The first-order valence-electron chi connectivity index (χ1n) is 17.9. The molecular weight excluding hydrogens is 841 g/mol. The molecule has 0 aliphatic heterocycles. The molecule has 0 amide bonds. The number of nitrogens with zero attached hydrogens (tertiary/aromatic N) is 4. The van der Waals surface area contributed by atoms with Crippen LogP contribution in [-0.2, 0) is 52.8 Å². The van der Waals surface area contributed by atoms with Crippen LogP contribution in [0.3, 0.4) is 0 Å². The molecule has 6 heteroatoms. The van der Waals surface area contributed by atoms with Gasteiger partial charge in [0.15, 0.2) is 0 Å². The maximum atomic E-state index is 5.98. The predicted octanol–water partition coefficient (Wildman–Crippen LogP) is 10.8. The summed E-state index contributed by atoms with van der Waals surface area (Å²) in [6.07, 6.45) is 11.5. The zero-order valence-corrected chi connectivity index (χ0v) is 32.3. The predicted molar refractivity (Wildman–Crippen MR) is 213 cm³/mol. The van der Waals surface area contributed by atoms with Crippen molar-refractivity contribution in [2.24, 2.45) is 7.05 Å². The smallest absolute Gasteiger partial charge is 0.501 e. The van der Waals surface area contributed by atoms with Crippen LogP contribution in [0.5, 0.6) is 0 Å². The number of furan rings is 1. The Labute approximate surface area is 329 Å². The van der Waals surface area contributed by atoms with Crippen LogP contribution in [0.2, 0.25) is 0 Å². The van der Waals surface area contributed by atoms with Crippen molar-refractivity contribution < 1.29 is 24.5 Å². The fourth-order valence-electron chi connectivity index (χ4n) is 6.60. The molecule has 0 aliphatic carbocycles. The number of pyridine rings is 2. The molecule has 0 atom stereocenters.